The molecule has 0 aliphatic heterocycles. The molecule has 15 heavy (non-hydrogen) atoms. The van der Waals surface area contributed by atoms with Gasteiger partial charge in [0.05, 0.1) is 17.3 Å². The summed E-state index contributed by atoms with van der Waals surface area (Å²) in [5, 5.41) is 0.672. The molecule has 0 aliphatic carbocycles. The Morgan fingerprint density at radius 3 is 2.73 bits per heavy atom. The summed E-state index contributed by atoms with van der Waals surface area (Å²) in [6, 6.07) is 9.01. The minimum atomic E-state index is -0.256. The summed E-state index contributed by atoms with van der Waals surface area (Å²) in [6.45, 7) is 0. The quantitative estimate of drug-likeness (QED) is 0.913. The summed E-state index contributed by atoms with van der Waals surface area (Å²) < 4.78 is 6.08. The zero-order valence-electron chi connectivity index (χ0n) is 7.78. The molecule has 0 radical (unpaired) electrons. The molecule has 1 atom stereocenters. The Kier molecular flexibility index (Phi) is 3.14. The van der Waals surface area contributed by atoms with E-state index in [-0.39, 0.29) is 6.04 Å². The molecule has 1 aromatic carbocycles. The monoisotopic (exact) mass is 285 g/mol. The van der Waals surface area contributed by atoms with Crippen molar-refractivity contribution in [2.75, 3.05) is 0 Å². The van der Waals surface area contributed by atoms with Crippen molar-refractivity contribution in [3.63, 3.8) is 0 Å². The molecule has 0 amide bonds. The second-order valence-electron chi connectivity index (χ2n) is 3.17. The van der Waals surface area contributed by atoms with E-state index in [4.69, 9.17) is 21.8 Å². The van der Waals surface area contributed by atoms with Gasteiger partial charge in [0.1, 0.15) is 5.76 Å². The van der Waals surface area contributed by atoms with E-state index in [0.717, 1.165) is 15.8 Å². The van der Waals surface area contributed by atoms with Crippen molar-refractivity contribution in [2.45, 2.75) is 6.04 Å². The third kappa shape index (κ3) is 2.25. The Labute approximate surface area is 101 Å². The van der Waals surface area contributed by atoms with E-state index in [1.54, 1.807) is 6.26 Å². The van der Waals surface area contributed by atoms with Gasteiger partial charge in [-0.1, -0.05) is 17.7 Å². The Morgan fingerprint density at radius 2 is 2.13 bits per heavy atom. The van der Waals surface area contributed by atoms with E-state index < -0.39 is 0 Å². The molecule has 0 saturated heterocycles. The first-order valence-corrected chi connectivity index (χ1v) is 5.59. The Hall–Kier alpha value is -0.770. The van der Waals surface area contributed by atoms with Crippen molar-refractivity contribution in [1.29, 1.82) is 0 Å². The van der Waals surface area contributed by atoms with Crippen molar-refractivity contribution in [2.24, 2.45) is 5.73 Å². The Morgan fingerprint density at radius 1 is 1.33 bits per heavy atom. The van der Waals surface area contributed by atoms with E-state index in [2.05, 4.69) is 15.9 Å². The number of benzene rings is 1. The smallest absolute Gasteiger partial charge is 0.124 e. The van der Waals surface area contributed by atoms with E-state index in [1.165, 1.54) is 0 Å². The predicted molar refractivity (Wildman–Crippen MR) is 63.9 cm³/mol. The van der Waals surface area contributed by atoms with Gasteiger partial charge in [-0.2, -0.15) is 0 Å². The summed E-state index contributed by atoms with van der Waals surface area (Å²) >= 11 is 9.26. The summed E-state index contributed by atoms with van der Waals surface area (Å²) in [4.78, 5) is 0. The minimum Gasteiger partial charge on any atom is -0.467 e. The van der Waals surface area contributed by atoms with Crippen LogP contribution in [0.25, 0.3) is 0 Å². The van der Waals surface area contributed by atoms with E-state index in [1.807, 2.05) is 30.3 Å². The van der Waals surface area contributed by atoms with Gasteiger partial charge < -0.3 is 10.2 Å². The van der Waals surface area contributed by atoms with Gasteiger partial charge in [-0.25, -0.2) is 0 Å². The number of hydrogen-bond donors (Lipinski definition) is 1. The molecule has 4 heteroatoms. The lowest BCUT2D eigenvalue weighted by Crippen LogP contribution is -2.10. The maximum absolute atomic E-state index is 6.02. The first kappa shape index (κ1) is 10.7. The fourth-order valence-electron chi connectivity index (χ4n) is 1.34. The highest BCUT2D eigenvalue weighted by molar-refractivity contribution is 9.10. The Bertz CT molecular complexity index is 456. The van der Waals surface area contributed by atoms with Crippen molar-refractivity contribution >= 4 is 27.5 Å². The highest BCUT2D eigenvalue weighted by Crippen LogP contribution is 2.27. The molecule has 0 fully saturated rings. The van der Waals surface area contributed by atoms with Crippen LogP contribution < -0.4 is 5.73 Å². The molecule has 2 rings (SSSR count). The summed E-state index contributed by atoms with van der Waals surface area (Å²) in [6.07, 6.45) is 1.61. The molecule has 1 aromatic heterocycles. The number of hydrogen-bond acceptors (Lipinski definition) is 2. The van der Waals surface area contributed by atoms with Crippen LogP contribution in [0.2, 0.25) is 5.02 Å². The third-order valence-corrected chi connectivity index (χ3v) is 3.37. The van der Waals surface area contributed by atoms with Gasteiger partial charge in [-0.05, 0) is 45.8 Å². The molecule has 0 aliphatic rings. The van der Waals surface area contributed by atoms with E-state index >= 15 is 0 Å². The molecule has 1 heterocycles. The molecule has 1 unspecified atom stereocenters. The number of furan rings is 1. The molecular weight excluding hydrogens is 277 g/mol. The standard InChI is InChI=1S/C11H9BrClNO/c12-8-6-7(3-4-9(8)13)11(14)10-2-1-5-15-10/h1-6,11H,14H2. The third-order valence-electron chi connectivity index (χ3n) is 2.15. The van der Waals surface area contributed by atoms with Crippen LogP contribution in [-0.2, 0) is 0 Å². The number of nitrogens with two attached hydrogens (primary N) is 1. The summed E-state index contributed by atoms with van der Waals surface area (Å²) in [7, 11) is 0. The fourth-order valence-corrected chi connectivity index (χ4v) is 1.85. The van der Waals surface area contributed by atoms with Crippen LogP contribution in [0.3, 0.4) is 0 Å². The van der Waals surface area contributed by atoms with Crippen molar-refractivity contribution < 1.29 is 4.42 Å². The average molecular weight is 287 g/mol. The van der Waals surface area contributed by atoms with Crippen LogP contribution in [0, 0.1) is 0 Å². The van der Waals surface area contributed by atoms with Gasteiger partial charge in [0.15, 0.2) is 0 Å². The summed E-state index contributed by atoms with van der Waals surface area (Å²) in [5.41, 5.74) is 6.98. The van der Waals surface area contributed by atoms with Gasteiger partial charge >= 0.3 is 0 Å². The summed E-state index contributed by atoms with van der Waals surface area (Å²) in [5.74, 6) is 0.740. The van der Waals surface area contributed by atoms with Gasteiger partial charge in [0.25, 0.3) is 0 Å². The molecule has 0 bridgehead atoms. The lowest BCUT2D eigenvalue weighted by atomic mass is 10.1. The van der Waals surface area contributed by atoms with Crippen LogP contribution in [0.1, 0.15) is 17.4 Å². The van der Waals surface area contributed by atoms with Crippen LogP contribution in [0.4, 0.5) is 0 Å². The highest BCUT2D eigenvalue weighted by atomic mass is 79.9. The lowest BCUT2D eigenvalue weighted by molar-refractivity contribution is 0.490. The first-order valence-electron chi connectivity index (χ1n) is 4.42. The topological polar surface area (TPSA) is 39.2 Å². The lowest BCUT2D eigenvalue weighted by Gasteiger charge is -2.09. The largest absolute Gasteiger partial charge is 0.467 e. The molecule has 2 nitrogen and oxygen atoms in total. The molecule has 0 spiro atoms. The molecule has 2 aromatic rings. The maximum Gasteiger partial charge on any atom is 0.124 e. The Balaban J connectivity index is 2.34. The average Bonchev–Trinajstić information content (AvgIpc) is 2.74. The SMILES string of the molecule is NC(c1ccc(Cl)c(Br)c1)c1ccco1. The first-order chi connectivity index (χ1) is 7.18. The van der Waals surface area contributed by atoms with Crippen molar-refractivity contribution in [3.8, 4) is 0 Å². The second-order valence-corrected chi connectivity index (χ2v) is 4.43. The molecule has 78 valence electrons. The van der Waals surface area contributed by atoms with Crippen LogP contribution >= 0.6 is 27.5 Å². The maximum atomic E-state index is 6.02. The van der Waals surface area contributed by atoms with Gasteiger partial charge in [0, 0.05) is 4.47 Å². The van der Waals surface area contributed by atoms with Gasteiger partial charge in [-0.3, -0.25) is 0 Å². The number of rotatable bonds is 2. The molecule has 0 saturated carbocycles. The van der Waals surface area contributed by atoms with E-state index in [9.17, 15) is 0 Å². The van der Waals surface area contributed by atoms with Crippen LogP contribution in [0.15, 0.2) is 45.5 Å². The highest BCUT2D eigenvalue weighted by Gasteiger charge is 2.12. The minimum absolute atomic E-state index is 0.256. The van der Waals surface area contributed by atoms with Gasteiger partial charge in [-0.15, -0.1) is 0 Å². The zero-order chi connectivity index (χ0) is 10.8. The molecular formula is C11H9BrClNO. The van der Waals surface area contributed by atoms with Crippen LogP contribution in [0.5, 0.6) is 0 Å². The normalized spacial score (nSPS) is 12.7. The number of halogens is 2. The predicted octanol–water partition coefficient (Wildman–Crippen LogP) is 3.74. The molecule has 2 N–H and O–H groups in total. The fraction of sp³-hybridized carbons (Fsp3) is 0.0909. The van der Waals surface area contributed by atoms with E-state index in [0.29, 0.717) is 5.02 Å². The second kappa shape index (κ2) is 4.39. The zero-order valence-corrected chi connectivity index (χ0v) is 10.1. The van der Waals surface area contributed by atoms with Gasteiger partial charge in [0.2, 0.25) is 0 Å². The van der Waals surface area contributed by atoms with Crippen LogP contribution in [-0.4, -0.2) is 0 Å². The van der Waals surface area contributed by atoms with Crippen molar-refractivity contribution in [3.05, 3.63) is 57.4 Å². The van der Waals surface area contributed by atoms with Crippen molar-refractivity contribution in [1.82, 2.24) is 0 Å².